The summed E-state index contributed by atoms with van der Waals surface area (Å²) < 4.78 is 0. The topological polar surface area (TPSA) is 23.6 Å². The number of nitrogens with zero attached hydrogens (tertiary/aromatic N) is 2. The van der Waals surface area contributed by atoms with Crippen molar-refractivity contribution in [3.63, 3.8) is 0 Å². The van der Waals surface area contributed by atoms with E-state index in [1.807, 2.05) is 6.92 Å². The van der Waals surface area contributed by atoms with Gasteiger partial charge in [-0.1, -0.05) is 48.0 Å². The number of hydrogen-bond donors (Lipinski definition) is 0. The van der Waals surface area contributed by atoms with Crippen LogP contribution in [0.15, 0.2) is 42.5 Å². The van der Waals surface area contributed by atoms with E-state index in [0.29, 0.717) is 11.8 Å². The molecule has 4 rings (SSSR count). The van der Waals surface area contributed by atoms with Gasteiger partial charge in [0.1, 0.15) is 0 Å². The van der Waals surface area contributed by atoms with Crippen LogP contribution < -0.4 is 0 Å². The SMILES string of the molecule is Cc1ccc(-c2ccccc2CN2CCN(C(=O)C3CC3)CC2)cc1Cl. The van der Waals surface area contributed by atoms with Crippen LogP contribution in [0, 0.1) is 12.8 Å². The number of carbonyl (C=O) groups excluding carboxylic acids is 1. The first-order chi connectivity index (χ1) is 12.6. The van der Waals surface area contributed by atoms with E-state index in [2.05, 4.69) is 52.3 Å². The highest BCUT2D eigenvalue weighted by atomic mass is 35.5. The molecule has 1 heterocycles. The van der Waals surface area contributed by atoms with Gasteiger partial charge in [-0.25, -0.2) is 0 Å². The Hall–Kier alpha value is -1.84. The second kappa shape index (κ2) is 7.42. The molecule has 0 unspecified atom stereocenters. The first kappa shape index (κ1) is 17.6. The second-order valence-corrected chi connectivity index (χ2v) is 7.90. The Bertz CT molecular complexity index is 808. The van der Waals surface area contributed by atoms with E-state index in [-0.39, 0.29) is 0 Å². The van der Waals surface area contributed by atoms with Crippen LogP contribution in [0.2, 0.25) is 5.02 Å². The molecule has 3 nitrogen and oxygen atoms in total. The Kier molecular flexibility index (Phi) is 5.01. The summed E-state index contributed by atoms with van der Waals surface area (Å²) in [7, 11) is 0. The third kappa shape index (κ3) is 3.79. The molecule has 4 heteroatoms. The second-order valence-electron chi connectivity index (χ2n) is 7.50. The number of aryl methyl sites for hydroxylation is 1. The molecule has 2 aliphatic rings. The Morgan fingerprint density at radius 2 is 1.81 bits per heavy atom. The number of rotatable bonds is 4. The molecule has 136 valence electrons. The van der Waals surface area contributed by atoms with Crippen molar-refractivity contribution < 1.29 is 4.79 Å². The smallest absolute Gasteiger partial charge is 0.225 e. The van der Waals surface area contributed by atoms with Crippen molar-refractivity contribution in [2.24, 2.45) is 5.92 Å². The standard InChI is InChI=1S/C22H25ClN2O/c1-16-6-7-18(14-21(16)23)20-5-3-2-4-19(20)15-24-10-12-25(13-11-24)22(26)17-8-9-17/h2-7,14,17H,8-13,15H2,1H3. The zero-order valence-corrected chi connectivity index (χ0v) is 16.0. The fraction of sp³-hybridized carbons (Fsp3) is 0.409. The lowest BCUT2D eigenvalue weighted by atomic mass is 9.98. The van der Waals surface area contributed by atoms with Gasteiger partial charge in [0.15, 0.2) is 0 Å². The third-order valence-corrected chi connectivity index (χ3v) is 5.91. The number of carbonyl (C=O) groups is 1. The van der Waals surface area contributed by atoms with Crippen LogP contribution in [-0.4, -0.2) is 41.9 Å². The van der Waals surface area contributed by atoms with Gasteiger partial charge in [0.05, 0.1) is 0 Å². The summed E-state index contributed by atoms with van der Waals surface area (Å²) in [6.07, 6.45) is 2.18. The van der Waals surface area contributed by atoms with E-state index in [4.69, 9.17) is 11.6 Å². The zero-order chi connectivity index (χ0) is 18.1. The quantitative estimate of drug-likeness (QED) is 0.800. The largest absolute Gasteiger partial charge is 0.340 e. The van der Waals surface area contributed by atoms with E-state index in [1.165, 1.54) is 16.7 Å². The van der Waals surface area contributed by atoms with Gasteiger partial charge < -0.3 is 4.90 Å². The molecule has 1 saturated heterocycles. The van der Waals surface area contributed by atoms with Gasteiger partial charge in [0, 0.05) is 43.7 Å². The Labute approximate surface area is 160 Å². The lowest BCUT2D eigenvalue weighted by Crippen LogP contribution is -2.48. The van der Waals surface area contributed by atoms with Gasteiger partial charge in [0.25, 0.3) is 0 Å². The molecule has 0 spiro atoms. The summed E-state index contributed by atoms with van der Waals surface area (Å²) in [5.41, 5.74) is 4.82. The molecule has 2 aromatic carbocycles. The van der Waals surface area contributed by atoms with Crippen molar-refractivity contribution in [3.05, 3.63) is 58.6 Å². The maximum absolute atomic E-state index is 12.2. The van der Waals surface area contributed by atoms with E-state index >= 15 is 0 Å². The Balaban J connectivity index is 1.45. The van der Waals surface area contributed by atoms with Crippen molar-refractivity contribution in [1.82, 2.24) is 9.80 Å². The fourth-order valence-electron chi connectivity index (χ4n) is 3.66. The van der Waals surface area contributed by atoms with Crippen LogP contribution in [0.1, 0.15) is 24.0 Å². The normalized spacial score (nSPS) is 18.2. The monoisotopic (exact) mass is 368 g/mol. The molecule has 1 aliphatic carbocycles. The maximum atomic E-state index is 12.2. The molecule has 1 amide bonds. The molecular weight excluding hydrogens is 344 g/mol. The third-order valence-electron chi connectivity index (χ3n) is 5.50. The highest BCUT2D eigenvalue weighted by molar-refractivity contribution is 6.31. The van der Waals surface area contributed by atoms with Crippen LogP contribution in [0.3, 0.4) is 0 Å². The lowest BCUT2D eigenvalue weighted by Gasteiger charge is -2.35. The number of amides is 1. The number of piperazine rings is 1. The predicted octanol–water partition coefficient (Wildman–Crippen LogP) is 4.37. The van der Waals surface area contributed by atoms with Crippen LogP contribution >= 0.6 is 11.6 Å². The van der Waals surface area contributed by atoms with Crippen LogP contribution in [0.25, 0.3) is 11.1 Å². The van der Waals surface area contributed by atoms with Gasteiger partial charge >= 0.3 is 0 Å². The summed E-state index contributed by atoms with van der Waals surface area (Å²) in [5, 5.41) is 0.810. The molecule has 0 aromatic heterocycles. The molecule has 2 aromatic rings. The Morgan fingerprint density at radius 3 is 2.50 bits per heavy atom. The number of halogens is 1. The summed E-state index contributed by atoms with van der Waals surface area (Å²) in [6.45, 7) is 6.54. The molecule has 0 atom stereocenters. The molecule has 2 fully saturated rings. The molecule has 26 heavy (non-hydrogen) atoms. The average Bonchev–Trinajstić information content (AvgIpc) is 3.50. The summed E-state index contributed by atoms with van der Waals surface area (Å²) >= 11 is 6.34. The molecular formula is C22H25ClN2O. The average molecular weight is 369 g/mol. The minimum atomic E-state index is 0.327. The molecule has 0 N–H and O–H groups in total. The van der Waals surface area contributed by atoms with Crippen molar-refractivity contribution in [3.8, 4) is 11.1 Å². The first-order valence-electron chi connectivity index (χ1n) is 9.47. The van der Waals surface area contributed by atoms with Gasteiger partial charge in [-0.15, -0.1) is 0 Å². The molecule has 0 radical (unpaired) electrons. The predicted molar refractivity (Wildman–Crippen MR) is 106 cm³/mol. The summed E-state index contributed by atoms with van der Waals surface area (Å²) in [4.78, 5) is 16.7. The fourth-order valence-corrected chi connectivity index (χ4v) is 3.84. The van der Waals surface area contributed by atoms with Crippen molar-refractivity contribution in [2.75, 3.05) is 26.2 Å². The maximum Gasteiger partial charge on any atom is 0.225 e. The first-order valence-corrected chi connectivity index (χ1v) is 9.85. The molecule has 1 aliphatic heterocycles. The Morgan fingerprint density at radius 1 is 1.08 bits per heavy atom. The van der Waals surface area contributed by atoms with E-state index < -0.39 is 0 Å². The van der Waals surface area contributed by atoms with Crippen LogP contribution in [0.4, 0.5) is 0 Å². The van der Waals surface area contributed by atoms with Crippen LogP contribution in [0.5, 0.6) is 0 Å². The van der Waals surface area contributed by atoms with E-state index in [9.17, 15) is 4.79 Å². The summed E-state index contributed by atoms with van der Waals surface area (Å²) in [5.74, 6) is 0.702. The molecule has 0 bridgehead atoms. The zero-order valence-electron chi connectivity index (χ0n) is 15.2. The van der Waals surface area contributed by atoms with Gasteiger partial charge in [-0.3, -0.25) is 9.69 Å². The number of hydrogen-bond acceptors (Lipinski definition) is 2. The number of benzene rings is 2. The van der Waals surface area contributed by atoms with Crippen molar-refractivity contribution in [2.45, 2.75) is 26.3 Å². The lowest BCUT2D eigenvalue weighted by molar-refractivity contribution is -0.134. The minimum absolute atomic E-state index is 0.327. The highest BCUT2D eigenvalue weighted by Gasteiger charge is 2.34. The summed E-state index contributed by atoms with van der Waals surface area (Å²) in [6, 6.07) is 14.8. The van der Waals surface area contributed by atoms with E-state index in [0.717, 1.165) is 56.2 Å². The van der Waals surface area contributed by atoms with Gasteiger partial charge in [-0.05, 0) is 48.1 Å². The van der Waals surface area contributed by atoms with E-state index in [1.54, 1.807) is 0 Å². The van der Waals surface area contributed by atoms with Gasteiger partial charge in [-0.2, -0.15) is 0 Å². The van der Waals surface area contributed by atoms with Crippen molar-refractivity contribution >= 4 is 17.5 Å². The van der Waals surface area contributed by atoms with Crippen molar-refractivity contribution in [1.29, 1.82) is 0 Å². The van der Waals surface area contributed by atoms with Crippen LogP contribution in [-0.2, 0) is 11.3 Å². The minimum Gasteiger partial charge on any atom is -0.340 e. The molecule has 1 saturated carbocycles. The highest BCUT2D eigenvalue weighted by Crippen LogP contribution is 2.32. The van der Waals surface area contributed by atoms with Gasteiger partial charge in [0.2, 0.25) is 5.91 Å².